The normalized spacial score (nSPS) is 13.7. The Hall–Kier alpha value is -1.91. The van der Waals surface area contributed by atoms with Gasteiger partial charge in [0, 0.05) is 12.8 Å². The number of likely N-dealkylation sites (N-methyl/N-ethyl adjacent to an activating group) is 1. The van der Waals surface area contributed by atoms with E-state index in [9.17, 15) is 0 Å². The van der Waals surface area contributed by atoms with E-state index in [1.807, 2.05) is 44.4 Å². The number of pyridine rings is 1. The van der Waals surface area contributed by atoms with Crippen molar-refractivity contribution in [3.8, 4) is 5.75 Å². The van der Waals surface area contributed by atoms with E-state index < -0.39 is 0 Å². The molecular formula is C17H22N2O2. The van der Waals surface area contributed by atoms with Crippen molar-refractivity contribution in [2.24, 2.45) is 0 Å². The van der Waals surface area contributed by atoms with Gasteiger partial charge in [0.25, 0.3) is 0 Å². The fourth-order valence-electron chi connectivity index (χ4n) is 2.42. The van der Waals surface area contributed by atoms with Crippen LogP contribution in [0.25, 0.3) is 0 Å². The third-order valence-electron chi connectivity index (χ3n) is 3.42. The van der Waals surface area contributed by atoms with Gasteiger partial charge >= 0.3 is 0 Å². The highest BCUT2D eigenvalue weighted by Gasteiger charge is 2.24. The predicted octanol–water partition coefficient (Wildman–Crippen LogP) is 3.13. The van der Waals surface area contributed by atoms with Gasteiger partial charge in [-0.25, -0.2) is 0 Å². The van der Waals surface area contributed by atoms with E-state index in [0.29, 0.717) is 6.61 Å². The lowest BCUT2D eigenvalue weighted by Gasteiger charge is -2.27. The average Bonchev–Trinajstić information content (AvgIpc) is 2.56. The summed E-state index contributed by atoms with van der Waals surface area (Å²) in [5, 5.41) is 3.33. The number of benzene rings is 1. The first kappa shape index (κ1) is 15.5. The van der Waals surface area contributed by atoms with Gasteiger partial charge in [-0.1, -0.05) is 30.3 Å². The van der Waals surface area contributed by atoms with Gasteiger partial charge in [-0.3, -0.25) is 4.98 Å². The number of nitrogens with one attached hydrogen (secondary N) is 1. The maximum Gasteiger partial charge on any atom is 0.137 e. The molecule has 0 spiro atoms. The van der Waals surface area contributed by atoms with E-state index >= 15 is 0 Å². The number of methoxy groups -OCH3 is 1. The number of ether oxygens (including phenoxy) is 2. The van der Waals surface area contributed by atoms with Crippen molar-refractivity contribution < 1.29 is 9.47 Å². The molecule has 1 aromatic carbocycles. The second-order valence-corrected chi connectivity index (χ2v) is 4.71. The number of hydrogen-bond acceptors (Lipinski definition) is 4. The highest BCUT2D eigenvalue weighted by Crippen LogP contribution is 2.32. The van der Waals surface area contributed by atoms with Crippen LogP contribution in [0.1, 0.15) is 30.2 Å². The summed E-state index contributed by atoms with van der Waals surface area (Å²) < 4.78 is 11.2. The Labute approximate surface area is 126 Å². The first-order chi connectivity index (χ1) is 10.3. The Morgan fingerprint density at radius 2 is 1.90 bits per heavy atom. The topological polar surface area (TPSA) is 43.4 Å². The molecule has 0 radical (unpaired) electrons. The van der Waals surface area contributed by atoms with E-state index in [1.165, 1.54) is 0 Å². The lowest BCUT2D eigenvalue weighted by Crippen LogP contribution is -2.26. The number of nitrogens with zero attached hydrogens (tertiary/aromatic N) is 1. The summed E-state index contributed by atoms with van der Waals surface area (Å²) >= 11 is 0. The summed E-state index contributed by atoms with van der Waals surface area (Å²) in [4.78, 5) is 4.24. The van der Waals surface area contributed by atoms with E-state index in [1.54, 1.807) is 13.3 Å². The minimum Gasteiger partial charge on any atom is -0.495 e. The smallest absolute Gasteiger partial charge is 0.137 e. The van der Waals surface area contributed by atoms with E-state index in [2.05, 4.69) is 22.4 Å². The molecule has 0 saturated heterocycles. The van der Waals surface area contributed by atoms with Gasteiger partial charge in [0.05, 0.1) is 19.3 Å². The van der Waals surface area contributed by atoms with Crippen LogP contribution >= 0.6 is 0 Å². The van der Waals surface area contributed by atoms with Gasteiger partial charge < -0.3 is 14.8 Å². The number of rotatable bonds is 7. The predicted molar refractivity (Wildman–Crippen MR) is 83.4 cm³/mol. The quantitative estimate of drug-likeness (QED) is 0.849. The molecule has 0 saturated carbocycles. The molecule has 0 aliphatic carbocycles. The van der Waals surface area contributed by atoms with Gasteiger partial charge in [-0.2, -0.15) is 0 Å². The molecule has 2 aromatic rings. The Kier molecular flexibility index (Phi) is 5.72. The van der Waals surface area contributed by atoms with E-state index in [0.717, 1.165) is 16.9 Å². The van der Waals surface area contributed by atoms with Crippen molar-refractivity contribution in [1.29, 1.82) is 0 Å². The molecule has 1 heterocycles. The van der Waals surface area contributed by atoms with Crippen molar-refractivity contribution in [2.75, 3.05) is 20.8 Å². The lowest BCUT2D eigenvalue weighted by atomic mass is 9.96. The molecule has 112 valence electrons. The highest BCUT2D eigenvalue weighted by atomic mass is 16.5. The molecule has 1 aromatic heterocycles. The van der Waals surface area contributed by atoms with Crippen molar-refractivity contribution in [3.63, 3.8) is 0 Å². The summed E-state index contributed by atoms with van der Waals surface area (Å²) in [5.74, 6) is 0.746. The molecule has 0 bridgehead atoms. The molecule has 0 fully saturated rings. The first-order valence-corrected chi connectivity index (χ1v) is 7.12. The van der Waals surface area contributed by atoms with Gasteiger partial charge in [-0.05, 0) is 31.2 Å². The molecule has 1 N–H and O–H groups in total. The standard InChI is InChI=1S/C17H22N2O2/c1-4-21-17(13-8-6-5-7-9-13)16(18-2)14-10-15(20-3)12-19-11-14/h5-12,16-18H,4H2,1-3H3. The average molecular weight is 286 g/mol. The zero-order valence-corrected chi connectivity index (χ0v) is 12.7. The summed E-state index contributed by atoms with van der Waals surface area (Å²) in [6.45, 7) is 2.65. The Morgan fingerprint density at radius 3 is 2.52 bits per heavy atom. The lowest BCUT2D eigenvalue weighted by molar-refractivity contribution is 0.0346. The van der Waals surface area contributed by atoms with Crippen LogP contribution in [0.5, 0.6) is 5.75 Å². The zero-order valence-electron chi connectivity index (χ0n) is 12.7. The molecule has 0 aliphatic rings. The summed E-state index contributed by atoms with van der Waals surface area (Å²) in [6.07, 6.45) is 3.47. The van der Waals surface area contributed by atoms with Crippen LogP contribution in [0.15, 0.2) is 48.8 Å². The Balaban J connectivity index is 2.35. The maximum absolute atomic E-state index is 5.98. The molecule has 21 heavy (non-hydrogen) atoms. The maximum atomic E-state index is 5.98. The van der Waals surface area contributed by atoms with Gasteiger partial charge in [-0.15, -0.1) is 0 Å². The van der Waals surface area contributed by atoms with E-state index in [-0.39, 0.29) is 12.1 Å². The van der Waals surface area contributed by atoms with Crippen LogP contribution in [0.2, 0.25) is 0 Å². The minimum atomic E-state index is -0.0740. The van der Waals surface area contributed by atoms with Crippen molar-refractivity contribution >= 4 is 0 Å². The molecule has 0 aliphatic heterocycles. The summed E-state index contributed by atoms with van der Waals surface area (Å²) in [5.41, 5.74) is 2.18. The fraction of sp³-hybridized carbons (Fsp3) is 0.353. The van der Waals surface area contributed by atoms with E-state index in [4.69, 9.17) is 9.47 Å². The molecule has 2 atom stereocenters. The SMILES string of the molecule is CCOC(c1ccccc1)C(NC)c1cncc(OC)c1. The van der Waals surface area contributed by atoms with Crippen molar-refractivity contribution in [3.05, 3.63) is 59.9 Å². The fourth-order valence-corrected chi connectivity index (χ4v) is 2.42. The minimum absolute atomic E-state index is 0.00921. The monoisotopic (exact) mass is 286 g/mol. The third kappa shape index (κ3) is 3.80. The zero-order chi connectivity index (χ0) is 15.1. The third-order valence-corrected chi connectivity index (χ3v) is 3.42. The second-order valence-electron chi connectivity index (χ2n) is 4.71. The summed E-state index contributed by atoms with van der Waals surface area (Å²) in [7, 11) is 3.57. The molecular weight excluding hydrogens is 264 g/mol. The molecule has 2 rings (SSSR count). The van der Waals surface area contributed by atoms with Crippen molar-refractivity contribution in [2.45, 2.75) is 19.1 Å². The van der Waals surface area contributed by atoms with Gasteiger partial charge in [0.2, 0.25) is 0 Å². The number of hydrogen-bond donors (Lipinski definition) is 1. The van der Waals surface area contributed by atoms with Crippen LogP contribution in [0.4, 0.5) is 0 Å². The first-order valence-electron chi connectivity index (χ1n) is 7.12. The van der Waals surface area contributed by atoms with Gasteiger partial charge in [0.15, 0.2) is 0 Å². The summed E-state index contributed by atoms with van der Waals surface area (Å²) in [6, 6.07) is 12.2. The van der Waals surface area contributed by atoms with Crippen LogP contribution in [-0.2, 0) is 4.74 Å². The van der Waals surface area contributed by atoms with Crippen LogP contribution < -0.4 is 10.1 Å². The molecule has 4 heteroatoms. The van der Waals surface area contributed by atoms with Crippen LogP contribution in [0, 0.1) is 0 Å². The van der Waals surface area contributed by atoms with Crippen LogP contribution in [-0.4, -0.2) is 25.7 Å². The molecule has 0 amide bonds. The van der Waals surface area contributed by atoms with Crippen molar-refractivity contribution in [1.82, 2.24) is 10.3 Å². The molecule has 2 unspecified atom stereocenters. The van der Waals surface area contributed by atoms with Crippen LogP contribution in [0.3, 0.4) is 0 Å². The molecule has 4 nitrogen and oxygen atoms in total. The second kappa shape index (κ2) is 7.76. The number of aromatic nitrogens is 1. The highest BCUT2D eigenvalue weighted by molar-refractivity contribution is 5.29. The van der Waals surface area contributed by atoms with Gasteiger partial charge in [0.1, 0.15) is 11.9 Å². The largest absolute Gasteiger partial charge is 0.495 e. The Morgan fingerprint density at radius 1 is 1.14 bits per heavy atom. The Bertz CT molecular complexity index is 545.